The van der Waals surface area contributed by atoms with Gasteiger partial charge in [-0.15, -0.1) is 0 Å². The highest BCUT2D eigenvalue weighted by atomic mass is 16.5. The lowest BCUT2D eigenvalue weighted by molar-refractivity contribution is -0.909. The number of rotatable bonds is 3. The summed E-state index contributed by atoms with van der Waals surface area (Å²) in [4.78, 5) is 0. The highest BCUT2D eigenvalue weighted by molar-refractivity contribution is 5.20. The molecule has 2 aliphatic heterocycles. The van der Waals surface area contributed by atoms with Crippen LogP contribution in [0.3, 0.4) is 0 Å². The summed E-state index contributed by atoms with van der Waals surface area (Å²) in [5, 5.41) is 0. The number of nitrogens with zero attached hydrogens (tertiary/aromatic N) is 1. The van der Waals surface area contributed by atoms with Crippen molar-refractivity contribution in [3.05, 3.63) is 35.4 Å². The van der Waals surface area contributed by atoms with E-state index in [4.69, 9.17) is 4.74 Å². The zero-order valence-corrected chi connectivity index (χ0v) is 11.6. The summed E-state index contributed by atoms with van der Waals surface area (Å²) < 4.78 is 7.38. The fourth-order valence-electron chi connectivity index (χ4n) is 3.66. The SMILES string of the molecule is Cc1ccc(COC2CC3CCC[N+]3(C)C2)cc1. The third kappa shape index (κ3) is 2.32. The summed E-state index contributed by atoms with van der Waals surface area (Å²) in [5.41, 5.74) is 2.62. The van der Waals surface area contributed by atoms with E-state index in [1.807, 2.05) is 0 Å². The minimum absolute atomic E-state index is 0.474. The van der Waals surface area contributed by atoms with Gasteiger partial charge in [-0.3, -0.25) is 0 Å². The van der Waals surface area contributed by atoms with Crippen LogP contribution in [-0.4, -0.2) is 36.8 Å². The van der Waals surface area contributed by atoms with Gasteiger partial charge in [0.05, 0.1) is 26.2 Å². The largest absolute Gasteiger partial charge is 0.367 e. The predicted octanol–water partition coefficient (Wildman–Crippen LogP) is 2.89. The second-order valence-electron chi connectivity index (χ2n) is 6.34. The molecular formula is C16H24NO+. The van der Waals surface area contributed by atoms with E-state index in [1.165, 1.54) is 48.0 Å². The molecule has 0 bridgehead atoms. The van der Waals surface area contributed by atoms with Crippen molar-refractivity contribution in [3.8, 4) is 0 Å². The molecule has 0 saturated carbocycles. The highest BCUT2D eigenvalue weighted by Crippen LogP contribution is 2.35. The number of hydrogen-bond donors (Lipinski definition) is 0. The molecule has 0 N–H and O–H groups in total. The standard InChI is InChI=1S/C16H24NO/c1-13-5-7-14(8-6-13)12-18-16-10-15-4-3-9-17(15,2)11-16/h5-8,15-16H,3-4,9-12H2,1-2H3/q+1. The number of likely N-dealkylation sites (N-methyl/N-ethyl adjacent to an activating group) is 1. The molecule has 2 heterocycles. The fraction of sp³-hybridized carbons (Fsp3) is 0.625. The zero-order chi connectivity index (χ0) is 12.6. The minimum Gasteiger partial charge on any atom is -0.367 e. The number of benzene rings is 1. The summed E-state index contributed by atoms with van der Waals surface area (Å²) in [6.07, 6.45) is 4.55. The van der Waals surface area contributed by atoms with Crippen LogP contribution >= 0.6 is 0 Å². The Morgan fingerprint density at radius 1 is 1.28 bits per heavy atom. The molecule has 98 valence electrons. The molecule has 0 aromatic heterocycles. The molecular weight excluding hydrogens is 222 g/mol. The number of ether oxygens (including phenoxy) is 1. The summed E-state index contributed by atoms with van der Waals surface area (Å²) in [6, 6.07) is 9.57. The van der Waals surface area contributed by atoms with Gasteiger partial charge in [0.25, 0.3) is 0 Å². The van der Waals surface area contributed by atoms with Crippen molar-refractivity contribution in [3.63, 3.8) is 0 Å². The van der Waals surface area contributed by atoms with E-state index in [1.54, 1.807) is 0 Å². The van der Waals surface area contributed by atoms with Crippen molar-refractivity contribution >= 4 is 0 Å². The van der Waals surface area contributed by atoms with Gasteiger partial charge in [-0.1, -0.05) is 29.8 Å². The van der Waals surface area contributed by atoms with Crippen LogP contribution < -0.4 is 0 Å². The minimum atomic E-state index is 0.474. The first-order valence-electron chi connectivity index (χ1n) is 7.17. The van der Waals surface area contributed by atoms with Crippen molar-refractivity contribution < 1.29 is 9.22 Å². The van der Waals surface area contributed by atoms with Gasteiger partial charge in [0, 0.05) is 19.3 Å². The van der Waals surface area contributed by atoms with Crippen molar-refractivity contribution in [2.75, 3.05) is 20.1 Å². The van der Waals surface area contributed by atoms with Crippen molar-refractivity contribution in [2.45, 2.75) is 44.9 Å². The summed E-state index contributed by atoms with van der Waals surface area (Å²) in [7, 11) is 2.41. The monoisotopic (exact) mass is 246 g/mol. The first-order chi connectivity index (χ1) is 8.66. The topological polar surface area (TPSA) is 9.23 Å². The third-order valence-electron chi connectivity index (χ3n) is 4.85. The van der Waals surface area contributed by atoms with Crippen LogP contribution in [0.2, 0.25) is 0 Å². The molecule has 0 amide bonds. The Bertz CT molecular complexity index is 414. The van der Waals surface area contributed by atoms with Crippen LogP contribution in [0.4, 0.5) is 0 Å². The molecule has 0 aliphatic carbocycles. The Labute approximate surface area is 110 Å². The Hall–Kier alpha value is -0.860. The molecule has 2 aliphatic rings. The van der Waals surface area contributed by atoms with E-state index in [0.29, 0.717) is 6.10 Å². The molecule has 2 fully saturated rings. The van der Waals surface area contributed by atoms with Crippen LogP contribution in [0.15, 0.2) is 24.3 Å². The predicted molar refractivity (Wildman–Crippen MR) is 73.3 cm³/mol. The van der Waals surface area contributed by atoms with Gasteiger partial charge in [0.15, 0.2) is 0 Å². The highest BCUT2D eigenvalue weighted by Gasteiger charge is 2.47. The number of aryl methyl sites for hydroxylation is 1. The van der Waals surface area contributed by atoms with Gasteiger partial charge in [-0.25, -0.2) is 0 Å². The second-order valence-corrected chi connectivity index (χ2v) is 6.34. The lowest BCUT2D eigenvalue weighted by Crippen LogP contribution is -2.44. The van der Waals surface area contributed by atoms with E-state index in [9.17, 15) is 0 Å². The van der Waals surface area contributed by atoms with Crippen LogP contribution in [-0.2, 0) is 11.3 Å². The van der Waals surface area contributed by atoms with Crippen LogP contribution in [0.5, 0.6) is 0 Å². The maximum atomic E-state index is 6.11. The van der Waals surface area contributed by atoms with Gasteiger partial charge >= 0.3 is 0 Å². The lowest BCUT2D eigenvalue weighted by atomic mass is 10.1. The lowest BCUT2D eigenvalue weighted by Gasteiger charge is -2.29. The molecule has 1 aromatic rings. The van der Waals surface area contributed by atoms with Crippen molar-refractivity contribution in [2.24, 2.45) is 0 Å². The molecule has 3 rings (SSSR count). The molecule has 2 saturated heterocycles. The van der Waals surface area contributed by atoms with E-state index in [-0.39, 0.29) is 0 Å². The molecule has 18 heavy (non-hydrogen) atoms. The molecule has 0 spiro atoms. The zero-order valence-electron chi connectivity index (χ0n) is 11.6. The Morgan fingerprint density at radius 2 is 2.06 bits per heavy atom. The number of hydrogen-bond acceptors (Lipinski definition) is 1. The molecule has 0 radical (unpaired) electrons. The number of fused-ring (bicyclic) bond motifs is 1. The van der Waals surface area contributed by atoms with Crippen LogP contribution in [0, 0.1) is 6.92 Å². The van der Waals surface area contributed by atoms with Crippen molar-refractivity contribution in [1.29, 1.82) is 0 Å². The van der Waals surface area contributed by atoms with Crippen LogP contribution in [0.25, 0.3) is 0 Å². The Morgan fingerprint density at radius 3 is 2.78 bits per heavy atom. The molecule has 3 atom stereocenters. The normalized spacial score (nSPS) is 34.8. The smallest absolute Gasteiger partial charge is 0.112 e. The fourth-order valence-corrected chi connectivity index (χ4v) is 3.66. The molecule has 2 heteroatoms. The first-order valence-corrected chi connectivity index (χ1v) is 7.17. The second kappa shape index (κ2) is 4.67. The van der Waals surface area contributed by atoms with Gasteiger partial charge in [0.2, 0.25) is 0 Å². The van der Waals surface area contributed by atoms with Gasteiger partial charge in [-0.05, 0) is 12.5 Å². The number of quaternary nitrogens is 1. The van der Waals surface area contributed by atoms with Crippen molar-refractivity contribution in [1.82, 2.24) is 0 Å². The Kier molecular flexibility index (Phi) is 3.16. The Balaban J connectivity index is 1.54. The van der Waals surface area contributed by atoms with Crippen LogP contribution in [0.1, 0.15) is 30.4 Å². The first kappa shape index (κ1) is 12.2. The average molecular weight is 246 g/mol. The van der Waals surface area contributed by atoms with E-state index < -0.39 is 0 Å². The third-order valence-corrected chi connectivity index (χ3v) is 4.85. The maximum absolute atomic E-state index is 6.11. The summed E-state index contributed by atoms with van der Waals surface area (Å²) in [5.74, 6) is 0. The van der Waals surface area contributed by atoms with E-state index >= 15 is 0 Å². The quantitative estimate of drug-likeness (QED) is 0.745. The average Bonchev–Trinajstić information content (AvgIpc) is 2.83. The van der Waals surface area contributed by atoms with E-state index in [2.05, 4.69) is 38.2 Å². The summed E-state index contributed by atoms with van der Waals surface area (Å²) >= 11 is 0. The molecule has 1 aromatic carbocycles. The van der Waals surface area contributed by atoms with E-state index in [0.717, 1.165) is 12.6 Å². The van der Waals surface area contributed by atoms with Gasteiger partial charge < -0.3 is 9.22 Å². The molecule has 2 nitrogen and oxygen atoms in total. The van der Waals surface area contributed by atoms with Gasteiger partial charge in [-0.2, -0.15) is 0 Å². The van der Waals surface area contributed by atoms with Gasteiger partial charge in [0.1, 0.15) is 12.6 Å². The summed E-state index contributed by atoms with van der Waals surface area (Å²) in [6.45, 7) is 5.48. The maximum Gasteiger partial charge on any atom is 0.112 e. The molecule has 3 unspecified atom stereocenters.